The van der Waals surface area contributed by atoms with Crippen LogP contribution in [0.2, 0.25) is 5.02 Å². The van der Waals surface area contributed by atoms with Crippen LogP contribution in [0.5, 0.6) is 11.5 Å². The Labute approximate surface area is 207 Å². The normalized spacial score (nSPS) is 15.1. The van der Waals surface area contributed by atoms with Crippen molar-refractivity contribution >= 4 is 40.5 Å². The van der Waals surface area contributed by atoms with Crippen LogP contribution in [0, 0.1) is 5.82 Å². The summed E-state index contributed by atoms with van der Waals surface area (Å²) in [5.41, 5.74) is 1.82. The number of fused-ring (bicyclic) bond motifs is 1. The lowest BCUT2D eigenvalue weighted by atomic mass is 9.99. The van der Waals surface area contributed by atoms with Crippen molar-refractivity contribution in [2.75, 3.05) is 31.0 Å². The lowest BCUT2D eigenvalue weighted by molar-refractivity contribution is -0.122. The van der Waals surface area contributed by atoms with Crippen LogP contribution in [0.15, 0.2) is 65.7 Å². The van der Waals surface area contributed by atoms with Gasteiger partial charge in [0.2, 0.25) is 5.91 Å². The third-order valence-electron chi connectivity index (χ3n) is 5.56. The fourth-order valence-electron chi connectivity index (χ4n) is 3.86. The number of benzodiazepines with no additional fused rings is 1. The molecule has 3 aromatic rings. The molecular formula is C26H23ClFN3O4. The summed E-state index contributed by atoms with van der Waals surface area (Å²) in [6.45, 7) is 1.31. The number of anilines is 2. The molecule has 1 heterocycles. The van der Waals surface area contributed by atoms with Gasteiger partial charge in [-0.1, -0.05) is 23.7 Å². The molecule has 35 heavy (non-hydrogen) atoms. The number of methoxy groups -OCH3 is 2. The number of rotatable bonds is 6. The van der Waals surface area contributed by atoms with Crippen molar-refractivity contribution in [3.05, 3.63) is 82.6 Å². The number of carbonyl (C=O) groups excluding carboxylic acids is 2. The van der Waals surface area contributed by atoms with E-state index in [0.717, 1.165) is 0 Å². The lowest BCUT2D eigenvalue weighted by Crippen LogP contribution is -2.42. The van der Waals surface area contributed by atoms with Gasteiger partial charge in [0.05, 0.1) is 31.3 Å². The molecule has 1 aliphatic rings. The van der Waals surface area contributed by atoms with Crippen molar-refractivity contribution in [1.82, 2.24) is 0 Å². The van der Waals surface area contributed by atoms with Crippen molar-refractivity contribution < 1.29 is 23.5 Å². The first kappa shape index (κ1) is 24.2. The maximum atomic E-state index is 14.7. The molecule has 0 saturated heterocycles. The van der Waals surface area contributed by atoms with Gasteiger partial charge in [0, 0.05) is 22.2 Å². The van der Waals surface area contributed by atoms with Crippen LogP contribution in [-0.2, 0) is 9.59 Å². The summed E-state index contributed by atoms with van der Waals surface area (Å²) in [6.07, 6.45) is 0. The van der Waals surface area contributed by atoms with Crippen LogP contribution in [-0.4, -0.2) is 44.3 Å². The number of hydrogen-bond donors (Lipinski definition) is 1. The Bertz CT molecular complexity index is 1330. The Kier molecular flexibility index (Phi) is 7.02. The van der Waals surface area contributed by atoms with E-state index in [4.69, 9.17) is 21.1 Å². The number of halogens is 2. The highest BCUT2D eigenvalue weighted by Gasteiger charge is 2.32. The molecule has 7 nitrogen and oxygen atoms in total. The Balaban J connectivity index is 1.71. The van der Waals surface area contributed by atoms with Crippen LogP contribution >= 0.6 is 11.6 Å². The molecule has 0 fully saturated rings. The Morgan fingerprint density at radius 3 is 2.57 bits per heavy atom. The van der Waals surface area contributed by atoms with Crippen molar-refractivity contribution in [3.63, 3.8) is 0 Å². The highest BCUT2D eigenvalue weighted by Crippen LogP contribution is 2.32. The van der Waals surface area contributed by atoms with Gasteiger partial charge in [-0.05, 0) is 49.4 Å². The maximum absolute atomic E-state index is 14.7. The third kappa shape index (κ3) is 4.97. The molecule has 4 rings (SSSR count). The van der Waals surface area contributed by atoms with E-state index in [0.29, 0.717) is 39.2 Å². The van der Waals surface area contributed by atoms with Gasteiger partial charge in [-0.15, -0.1) is 0 Å². The van der Waals surface area contributed by atoms with Crippen molar-refractivity contribution in [2.24, 2.45) is 4.99 Å². The predicted octanol–water partition coefficient (Wildman–Crippen LogP) is 4.71. The van der Waals surface area contributed by atoms with Gasteiger partial charge in [-0.25, -0.2) is 4.39 Å². The largest absolute Gasteiger partial charge is 0.497 e. The molecule has 0 bridgehead atoms. The standard InChI is InChI=1S/C26H23ClFN3O4/c1-15-26(33)31(14-24(32)30-21-10-9-17(34-2)13-23(21)35-3)22-11-8-16(27)12-19(22)25(29-15)18-6-4-5-7-20(18)28/h4-13,15H,14H2,1-3H3,(H,30,32). The summed E-state index contributed by atoms with van der Waals surface area (Å²) < 4.78 is 25.2. The minimum absolute atomic E-state index is 0.241. The van der Waals surface area contributed by atoms with Gasteiger partial charge in [0.1, 0.15) is 29.9 Å². The van der Waals surface area contributed by atoms with Crippen LogP contribution in [0.3, 0.4) is 0 Å². The number of nitrogens with one attached hydrogen (secondary N) is 1. The van der Waals surface area contributed by atoms with Crippen LogP contribution in [0.1, 0.15) is 18.1 Å². The number of nitrogens with zero attached hydrogens (tertiary/aromatic N) is 2. The van der Waals surface area contributed by atoms with Crippen LogP contribution in [0.25, 0.3) is 0 Å². The fourth-order valence-corrected chi connectivity index (χ4v) is 4.03. The predicted molar refractivity (Wildman–Crippen MR) is 133 cm³/mol. The second-order valence-corrected chi connectivity index (χ2v) is 8.27. The molecule has 0 aliphatic carbocycles. The second kappa shape index (κ2) is 10.1. The molecule has 1 aliphatic heterocycles. The fraction of sp³-hybridized carbons (Fsp3) is 0.192. The summed E-state index contributed by atoms with van der Waals surface area (Å²) in [5.74, 6) is -0.360. The third-order valence-corrected chi connectivity index (χ3v) is 5.80. The second-order valence-electron chi connectivity index (χ2n) is 7.83. The number of aliphatic imine (C=N–C) groups is 1. The number of benzene rings is 3. The Morgan fingerprint density at radius 2 is 1.86 bits per heavy atom. The number of carbonyl (C=O) groups is 2. The summed E-state index contributed by atoms with van der Waals surface area (Å²) in [5, 5.41) is 3.16. The highest BCUT2D eigenvalue weighted by molar-refractivity contribution is 6.32. The molecule has 180 valence electrons. The van der Waals surface area contributed by atoms with Crippen LogP contribution < -0.4 is 19.7 Å². The first-order valence-electron chi connectivity index (χ1n) is 10.8. The zero-order valence-electron chi connectivity index (χ0n) is 19.3. The topological polar surface area (TPSA) is 80.2 Å². The van der Waals surface area contributed by atoms with E-state index < -0.39 is 23.7 Å². The lowest BCUT2D eigenvalue weighted by Gasteiger charge is -2.24. The van der Waals surface area contributed by atoms with E-state index in [-0.39, 0.29) is 12.1 Å². The molecule has 1 N–H and O–H groups in total. The molecule has 0 aromatic heterocycles. The molecule has 2 amide bonds. The average Bonchev–Trinajstić information content (AvgIpc) is 2.95. The monoisotopic (exact) mass is 495 g/mol. The Morgan fingerprint density at radius 1 is 1.09 bits per heavy atom. The number of hydrogen-bond acceptors (Lipinski definition) is 5. The van der Waals surface area contributed by atoms with Gasteiger partial charge in [0.15, 0.2) is 0 Å². The first-order valence-corrected chi connectivity index (χ1v) is 11.2. The molecule has 0 saturated carbocycles. The summed E-state index contributed by atoms with van der Waals surface area (Å²) >= 11 is 6.26. The molecule has 9 heteroatoms. The minimum atomic E-state index is -0.862. The van der Waals surface area contributed by atoms with Crippen molar-refractivity contribution in [1.29, 1.82) is 0 Å². The first-order chi connectivity index (χ1) is 16.8. The van der Waals surface area contributed by atoms with Gasteiger partial charge >= 0.3 is 0 Å². The van der Waals surface area contributed by atoms with E-state index in [1.807, 2.05) is 0 Å². The summed E-state index contributed by atoms with van der Waals surface area (Å²) in [6, 6.07) is 15.2. The number of ether oxygens (including phenoxy) is 2. The highest BCUT2D eigenvalue weighted by atomic mass is 35.5. The van der Waals surface area contributed by atoms with E-state index in [2.05, 4.69) is 10.3 Å². The zero-order valence-corrected chi connectivity index (χ0v) is 20.1. The van der Waals surface area contributed by atoms with E-state index >= 15 is 0 Å². The smallest absolute Gasteiger partial charge is 0.252 e. The van der Waals surface area contributed by atoms with Crippen molar-refractivity contribution in [2.45, 2.75) is 13.0 Å². The quantitative estimate of drug-likeness (QED) is 0.537. The molecule has 0 spiro atoms. The maximum Gasteiger partial charge on any atom is 0.252 e. The van der Waals surface area contributed by atoms with Gasteiger partial charge < -0.3 is 19.7 Å². The average molecular weight is 496 g/mol. The summed E-state index contributed by atoms with van der Waals surface area (Å²) in [4.78, 5) is 32.2. The van der Waals surface area contributed by atoms with E-state index in [1.54, 1.807) is 61.5 Å². The van der Waals surface area contributed by atoms with Crippen molar-refractivity contribution in [3.8, 4) is 11.5 Å². The summed E-state index contributed by atoms with van der Waals surface area (Å²) in [7, 11) is 3.01. The molecule has 3 aromatic carbocycles. The molecular weight excluding hydrogens is 473 g/mol. The minimum Gasteiger partial charge on any atom is -0.497 e. The van der Waals surface area contributed by atoms with Crippen LogP contribution in [0.4, 0.5) is 15.8 Å². The Hall–Kier alpha value is -3.91. The SMILES string of the molecule is COc1ccc(NC(=O)CN2C(=O)C(C)N=C(c3ccccc3F)c3cc(Cl)ccc32)c(OC)c1. The molecule has 0 radical (unpaired) electrons. The van der Waals surface area contributed by atoms with E-state index in [1.165, 1.54) is 25.2 Å². The van der Waals surface area contributed by atoms with Gasteiger partial charge in [0.25, 0.3) is 5.91 Å². The molecule has 1 atom stereocenters. The molecule has 1 unspecified atom stereocenters. The van der Waals surface area contributed by atoms with E-state index in [9.17, 15) is 14.0 Å². The zero-order chi connectivity index (χ0) is 25.1. The van der Waals surface area contributed by atoms with Gasteiger partial charge in [-0.2, -0.15) is 0 Å². The number of amides is 2. The van der Waals surface area contributed by atoms with Gasteiger partial charge in [-0.3, -0.25) is 14.6 Å².